The van der Waals surface area contributed by atoms with Crippen LogP contribution in [0, 0.1) is 0 Å². The van der Waals surface area contributed by atoms with Crippen LogP contribution in [0.25, 0.3) is 6.08 Å². The Hall–Kier alpha value is -1.22. The van der Waals surface area contributed by atoms with Crippen LogP contribution in [0.1, 0.15) is 31.1 Å². The van der Waals surface area contributed by atoms with Crippen molar-refractivity contribution in [3.63, 3.8) is 0 Å². The standard InChI is InChI=1S/C12H14O2S/c1-2-10(13)5-6-11(14)7-8-12-4-3-9-15-12/h3-4,7-9H,2,5-6H2,1H3/b8-7+. The minimum Gasteiger partial charge on any atom is -0.300 e. The highest BCUT2D eigenvalue weighted by Crippen LogP contribution is 2.10. The van der Waals surface area contributed by atoms with Crippen molar-refractivity contribution in [3.8, 4) is 0 Å². The van der Waals surface area contributed by atoms with Crippen LogP contribution < -0.4 is 0 Å². The van der Waals surface area contributed by atoms with Crippen molar-refractivity contribution in [2.45, 2.75) is 26.2 Å². The number of carbonyl (C=O) groups excluding carboxylic acids is 2. The summed E-state index contributed by atoms with van der Waals surface area (Å²) in [4.78, 5) is 23.4. The smallest absolute Gasteiger partial charge is 0.156 e. The Morgan fingerprint density at radius 1 is 1.40 bits per heavy atom. The average molecular weight is 222 g/mol. The number of Topliss-reactive ketones (excluding diaryl/α,β-unsaturated/α-hetero) is 1. The van der Waals surface area contributed by atoms with Gasteiger partial charge in [-0.05, 0) is 23.6 Å². The van der Waals surface area contributed by atoms with Crippen LogP contribution in [0.5, 0.6) is 0 Å². The summed E-state index contributed by atoms with van der Waals surface area (Å²) >= 11 is 1.59. The molecular formula is C12H14O2S. The van der Waals surface area contributed by atoms with Crippen molar-refractivity contribution < 1.29 is 9.59 Å². The third kappa shape index (κ3) is 4.70. The third-order valence-corrected chi connectivity index (χ3v) is 2.86. The topological polar surface area (TPSA) is 34.1 Å². The third-order valence-electron chi connectivity index (χ3n) is 2.02. The van der Waals surface area contributed by atoms with Crippen molar-refractivity contribution in [3.05, 3.63) is 28.5 Å². The zero-order valence-corrected chi connectivity index (χ0v) is 9.55. The fourth-order valence-electron chi connectivity index (χ4n) is 1.08. The van der Waals surface area contributed by atoms with Crippen molar-refractivity contribution in [2.24, 2.45) is 0 Å². The molecule has 1 rings (SSSR count). The number of thiophene rings is 1. The molecule has 0 aliphatic heterocycles. The highest BCUT2D eigenvalue weighted by Gasteiger charge is 2.02. The van der Waals surface area contributed by atoms with Gasteiger partial charge in [0.05, 0.1) is 0 Å². The van der Waals surface area contributed by atoms with Crippen LogP contribution in [-0.4, -0.2) is 11.6 Å². The molecule has 0 radical (unpaired) electrons. The molecule has 0 N–H and O–H groups in total. The monoisotopic (exact) mass is 222 g/mol. The van der Waals surface area contributed by atoms with Gasteiger partial charge in [0, 0.05) is 24.1 Å². The average Bonchev–Trinajstić information content (AvgIpc) is 2.75. The molecule has 1 heterocycles. The Kier molecular flexibility index (Phi) is 4.98. The van der Waals surface area contributed by atoms with Gasteiger partial charge in [-0.3, -0.25) is 9.59 Å². The van der Waals surface area contributed by atoms with Gasteiger partial charge in [-0.25, -0.2) is 0 Å². The van der Waals surface area contributed by atoms with Crippen molar-refractivity contribution >= 4 is 29.0 Å². The first kappa shape index (κ1) is 11.9. The molecule has 0 saturated heterocycles. The molecule has 0 aliphatic rings. The van der Waals surface area contributed by atoms with Crippen LogP contribution >= 0.6 is 11.3 Å². The number of allylic oxidation sites excluding steroid dienone is 1. The van der Waals surface area contributed by atoms with Gasteiger partial charge in [-0.1, -0.05) is 13.0 Å². The zero-order valence-electron chi connectivity index (χ0n) is 8.73. The minimum atomic E-state index is 0.0187. The first-order chi connectivity index (χ1) is 7.22. The first-order valence-electron chi connectivity index (χ1n) is 4.98. The van der Waals surface area contributed by atoms with E-state index in [1.807, 2.05) is 24.4 Å². The molecule has 0 fully saturated rings. The molecule has 1 aromatic rings. The van der Waals surface area contributed by atoms with Gasteiger partial charge < -0.3 is 0 Å². The maximum Gasteiger partial charge on any atom is 0.156 e. The molecule has 0 atom stereocenters. The summed E-state index contributed by atoms with van der Waals surface area (Å²) in [6.07, 6.45) is 4.55. The normalized spacial score (nSPS) is 10.7. The van der Waals surface area contributed by atoms with Crippen LogP contribution in [0.4, 0.5) is 0 Å². The fraction of sp³-hybridized carbons (Fsp3) is 0.333. The molecule has 0 aliphatic carbocycles. The molecule has 0 aromatic carbocycles. The summed E-state index contributed by atoms with van der Waals surface area (Å²) in [7, 11) is 0. The van der Waals surface area contributed by atoms with Crippen LogP contribution in [-0.2, 0) is 9.59 Å². The highest BCUT2D eigenvalue weighted by atomic mass is 32.1. The van der Waals surface area contributed by atoms with E-state index in [4.69, 9.17) is 0 Å². The van der Waals surface area contributed by atoms with E-state index in [0.29, 0.717) is 19.3 Å². The highest BCUT2D eigenvalue weighted by molar-refractivity contribution is 7.10. The zero-order chi connectivity index (χ0) is 11.1. The van der Waals surface area contributed by atoms with E-state index in [2.05, 4.69) is 0 Å². The molecule has 15 heavy (non-hydrogen) atoms. The molecule has 2 nitrogen and oxygen atoms in total. The Balaban J connectivity index is 2.33. The molecule has 0 amide bonds. The minimum absolute atomic E-state index is 0.0187. The second-order valence-corrected chi connectivity index (χ2v) is 4.19. The Labute approximate surface area is 93.6 Å². The largest absolute Gasteiger partial charge is 0.300 e. The van der Waals surface area contributed by atoms with Crippen molar-refractivity contribution in [2.75, 3.05) is 0 Å². The van der Waals surface area contributed by atoms with E-state index in [1.54, 1.807) is 23.5 Å². The summed E-state index contributed by atoms with van der Waals surface area (Å²) in [5.41, 5.74) is 0. The van der Waals surface area contributed by atoms with Gasteiger partial charge in [-0.15, -0.1) is 11.3 Å². The van der Waals surface area contributed by atoms with Crippen LogP contribution in [0.2, 0.25) is 0 Å². The maximum absolute atomic E-state index is 11.3. The van der Waals surface area contributed by atoms with Gasteiger partial charge in [0.25, 0.3) is 0 Å². The summed E-state index contributed by atoms with van der Waals surface area (Å²) in [5.74, 6) is 0.165. The molecule has 1 aromatic heterocycles. The Bertz CT molecular complexity index is 350. The molecule has 0 bridgehead atoms. The lowest BCUT2D eigenvalue weighted by molar-refractivity contribution is -0.122. The van der Waals surface area contributed by atoms with E-state index < -0.39 is 0 Å². The van der Waals surface area contributed by atoms with Crippen molar-refractivity contribution in [1.82, 2.24) is 0 Å². The lowest BCUT2D eigenvalue weighted by Crippen LogP contribution is -2.00. The van der Waals surface area contributed by atoms with E-state index >= 15 is 0 Å². The summed E-state index contributed by atoms with van der Waals surface area (Å²) in [6, 6.07) is 3.89. The first-order valence-corrected chi connectivity index (χ1v) is 5.86. The predicted molar refractivity (Wildman–Crippen MR) is 62.9 cm³/mol. The molecule has 3 heteroatoms. The van der Waals surface area contributed by atoms with Gasteiger partial charge in [-0.2, -0.15) is 0 Å². The second-order valence-electron chi connectivity index (χ2n) is 3.21. The summed E-state index contributed by atoms with van der Waals surface area (Å²) < 4.78 is 0. The van der Waals surface area contributed by atoms with E-state index in [9.17, 15) is 9.59 Å². The van der Waals surface area contributed by atoms with Crippen molar-refractivity contribution in [1.29, 1.82) is 0 Å². The SMILES string of the molecule is CCC(=O)CCC(=O)/C=C/c1cccs1. The van der Waals surface area contributed by atoms with Gasteiger partial charge in [0.15, 0.2) is 5.78 Å². The quantitative estimate of drug-likeness (QED) is 0.693. The van der Waals surface area contributed by atoms with Gasteiger partial charge >= 0.3 is 0 Å². The van der Waals surface area contributed by atoms with Gasteiger partial charge in [0.2, 0.25) is 0 Å². The van der Waals surface area contributed by atoms with Crippen LogP contribution in [0.15, 0.2) is 23.6 Å². The molecule has 0 unspecified atom stereocenters. The summed E-state index contributed by atoms with van der Waals surface area (Å²) in [5, 5.41) is 1.96. The van der Waals surface area contributed by atoms with E-state index in [-0.39, 0.29) is 11.6 Å². The van der Waals surface area contributed by atoms with E-state index in [0.717, 1.165) is 4.88 Å². The Morgan fingerprint density at radius 3 is 2.80 bits per heavy atom. The number of hydrogen-bond donors (Lipinski definition) is 0. The summed E-state index contributed by atoms with van der Waals surface area (Å²) in [6.45, 7) is 1.81. The lowest BCUT2D eigenvalue weighted by Gasteiger charge is -1.93. The molecule has 0 spiro atoms. The predicted octanol–water partition coefficient (Wildman–Crippen LogP) is 3.09. The second kappa shape index (κ2) is 6.30. The fourth-order valence-corrected chi connectivity index (χ4v) is 1.70. The molecular weight excluding hydrogens is 208 g/mol. The number of rotatable bonds is 6. The molecule has 80 valence electrons. The Morgan fingerprint density at radius 2 is 2.20 bits per heavy atom. The lowest BCUT2D eigenvalue weighted by atomic mass is 10.1. The number of ketones is 2. The number of hydrogen-bond acceptors (Lipinski definition) is 3. The number of carbonyl (C=O) groups is 2. The van der Waals surface area contributed by atoms with E-state index in [1.165, 1.54) is 0 Å². The molecule has 0 saturated carbocycles. The van der Waals surface area contributed by atoms with Gasteiger partial charge in [0.1, 0.15) is 5.78 Å². The van der Waals surface area contributed by atoms with Crippen LogP contribution in [0.3, 0.4) is 0 Å². The maximum atomic E-state index is 11.3.